The summed E-state index contributed by atoms with van der Waals surface area (Å²) in [6.45, 7) is 3.81. The molecule has 0 fully saturated rings. The molecule has 0 aliphatic rings. The smallest absolute Gasteiger partial charge is 0.282 e. The lowest BCUT2D eigenvalue weighted by Gasteiger charge is -2.10. The maximum atomic E-state index is 12.4. The topological polar surface area (TPSA) is 89.8 Å². The lowest BCUT2D eigenvalue weighted by Crippen LogP contribution is -2.26. The second-order valence-corrected chi connectivity index (χ2v) is 6.51. The third kappa shape index (κ3) is 3.80. The number of hydrogen-bond donors (Lipinski definition) is 1. The lowest BCUT2D eigenvalue weighted by molar-refractivity contribution is 0.101. The van der Waals surface area contributed by atoms with E-state index in [0.29, 0.717) is 10.8 Å². The molecule has 25 heavy (non-hydrogen) atoms. The van der Waals surface area contributed by atoms with Crippen LogP contribution in [0.25, 0.3) is 5.69 Å². The molecule has 7 nitrogen and oxygen atoms in total. The Morgan fingerprint density at radius 2 is 2.00 bits per heavy atom. The summed E-state index contributed by atoms with van der Waals surface area (Å²) in [5.74, 6) is -0.589. The van der Waals surface area contributed by atoms with Gasteiger partial charge >= 0.3 is 0 Å². The quantitative estimate of drug-likeness (QED) is 0.760. The zero-order chi connectivity index (χ0) is 17.8. The molecule has 0 atom stereocenters. The van der Waals surface area contributed by atoms with E-state index in [1.54, 1.807) is 11.6 Å². The monoisotopic (exact) mass is 355 g/mol. The van der Waals surface area contributed by atoms with Crippen molar-refractivity contribution in [1.82, 2.24) is 20.0 Å². The van der Waals surface area contributed by atoms with E-state index in [9.17, 15) is 9.59 Å². The average Bonchev–Trinajstić information content (AvgIpc) is 3.03. The molecular formula is C17H17N5O2S. The molecule has 0 spiro atoms. The average molecular weight is 355 g/mol. The highest BCUT2D eigenvalue weighted by Crippen LogP contribution is 2.17. The maximum absolute atomic E-state index is 12.4. The van der Waals surface area contributed by atoms with Gasteiger partial charge in [-0.3, -0.25) is 14.9 Å². The van der Waals surface area contributed by atoms with Crippen molar-refractivity contribution in [1.29, 1.82) is 0 Å². The number of para-hydroxylation sites is 1. The summed E-state index contributed by atoms with van der Waals surface area (Å²) in [4.78, 5) is 24.6. The second-order valence-electron chi connectivity index (χ2n) is 5.45. The Kier molecular flexibility index (Phi) is 4.99. The number of carbonyl (C=O) groups is 1. The minimum absolute atomic E-state index is 0.179. The van der Waals surface area contributed by atoms with Gasteiger partial charge in [0.1, 0.15) is 5.01 Å². The molecule has 2 heterocycles. The predicted octanol–water partition coefficient (Wildman–Crippen LogP) is 2.60. The summed E-state index contributed by atoms with van der Waals surface area (Å²) in [6.07, 6.45) is 1.75. The van der Waals surface area contributed by atoms with Crippen LogP contribution < -0.4 is 10.7 Å². The summed E-state index contributed by atoms with van der Waals surface area (Å²) >= 11 is 1.30. The summed E-state index contributed by atoms with van der Waals surface area (Å²) < 4.78 is 1.57. The molecule has 1 aromatic carbocycles. The van der Waals surface area contributed by atoms with Crippen LogP contribution >= 0.6 is 11.3 Å². The van der Waals surface area contributed by atoms with Crippen molar-refractivity contribution in [3.05, 3.63) is 63.0 Å². The largest absolute Gasteiger partial charge is 0.295 e. The van der Waals surface area contributed by atoms with Gasteiger partial charge in [-0.2, -0.15) is 5.10 Å². The molecule has 0 radical (unpaired) electrons. The highest BCUT2D eigenvalue weighted by Gasteiger charge is 2.17. The highest BCUT2D eigenvalue weighted by atomic mass is 32.1. The number of aromatic nitrogens is 4. The molecule has 0 bridgehead atoms. The molecule has 1 amide bonds. The van der Waals surface area contributed by atoms with Crippen molar-refractivity contribution in [2.24, 2.45) is 0 Å². The molecule has 0 saturated carbocycles. The zero-order valence-corrected chi connectivity index (χ0v) is 14.7. The fourth-order valence-electron chi connectivity index (χ4n) is 2.31. The van der Waals surface area contributed by atoms with Gasteiger partial charge in [-0.25, -0.2) is 4.68 Å². The van der Waals surface area contributed by atoms with Crippen LogP contribution in [-0.4, -0.2) is 25.9 Å². The summed E-state index contributed by atoms with van der Waals surface area (Å²) in [6, 6.07) is 10.7. The predicted molar refractivity (Wildman–Crippen MR) is 96.4 cm³/mol. The van der Waals surface area contributed by atoms with E-state index < -0.39 is 11.3 Å². The fourth-order valence-corrected chi connectivity index (χ4v) is 3.15. The van der Waals surface area contributed by atoms with Gasteiger partial charge in [0.15, 0.2) is 5.69 Å². The first-order valence-corrected chi connectivity index (χ1v) is 8.70. The Hall–Kier alpha value is -2.87. The molecule has 0 saturated heterocycles. The molecule has 8 heteroatoms. The van der Waals surface area contributed by atoms with Crippen molar-refractivity contribution in [3.63, 3.8) is 0 Å². The maximum Gasteiger partial charge on any atom is 0.282 e. The van der Waals surface area contributed by atoms with Crippen molar-refractivity contribution < 1.29 is 4.79 Å². The van der Waals surface area contributed by atoms with E-state index in [1.807, 2.05) is 37.3 Å². The van der Waals surface area contributed by atoms with Crippen LogP contribution in [0.3, 0.4) is 0 Å². The van der Waals surface area contributed by atoms with Crippen LogP contribution in [0.2, 0.25) is 0 Å². The van der Waals surface area contributed by atoms with Gasteiger partial charge in [0.05, 0.1) is 5.69 Å². The second kappa shape index (κ2) is 7.35. The molecule has 0 unspecified atom stereocenters. The molecule has 2 aromatic heterocycles. The fraction of sp³-hybridized carbons (Fsp3) is 0.235. The Bertz CT molecular complexity index is 949. The number of rotatable bonds is 5. The Morgan fingerprint density at radius 3 is 2.72 bits per heavy atom. The van der Waals surface area contributed by atoms with Gasteiger partial charge in [-0.1, -0.05) is 36.5 Å². The van der Waals surface area contributed by atoms with Crippen LogP contribution in [0, 0.1) is 6.92 Å². The summed E-state index contributed by atoms with van der Waals surface area (Å²) in [7, 11) is 0. The van der Waals surface area contributed by atoms with Gasteiger partial charge in [-0.05, 0) is 25.5 Å². The Morgan fingerprint density at radius 1 is 1.24 bits per heavy atom. The van der Waals surface area contributed by atoms with Crippen molar-refractivity contribution in [3.8, 4) is 5.69 Å². The van der Waals surface area contributed by atoms with Crippen LogP contribution in [0.1, 0.15) is 34.5 Å². The number of aryl methyl sites for hydroxylation is 2. The van der Waals surface area contributed by atoms with Crippen LogP contribution in [0.5, 0.6) is 0 Å². The Labute approximate surface area is 148 Å². The number of nitrogens with one attached hydrogen (secondary N) is 1. The van der Waals surface area contributed by atoms with Gasteiger partial charge in [0, 0.05) is 18.2 Å². The van der Waals surface area contributed by atoms with Crippen LogP contribution in [-0.2, 0) is 6.42 Å². The third-order valence-electron chi connectivity index (χ3n) is 3.47. The van der Waals surface area contributed by atoms with Gasteiger partial charge in [-0.15, -0.1) is 10.2 Å². The zero-order valence-electron chi connectivity index (χ0n) is 13.9. The number of anilines is 1. The lowest BCUT2D eigenvalue weighted by atomic mass is 10.3. The van der Waals surface area contributed by atoms with Crippen LogP contribution in [0.15, 0.2) is 41.2 Å². The standard InChI is InChI=1S/C17H17N5O2S/c1-3-7-14-19-20-17(25-14)18-16(24)15-13(23)10-11(2)22(21-15)12-8-5-4-6-9-12/h4-6,8-10H,3,7H2,1-2H3,(H,18,20,24). The van der Waals surface area contributed by atoms with Gasteiger partial charge in [0.2, 0.25) is 10.6 Å². The molecular weight excluding hydrogens is 338 g/mol. The normalized spacial score (nSPS) is 10.6. The van der Waals surface area contributed by atoms with Crippen molar-refractivity contribution >= 4 is 22.4 Å². The van der Waals surface area contributed by atoms with E-state index >= 15 is 0 Å². The number of carbonyl (C=O) groups excluding carboxylic acids is 1. The first-order valence-electron chi connectivity index (χ1n) is 7.88. The minimum Gasteiger partial charge on any atom is -0.295 e. The van der Waals surface area contributed by atoms with E-state index in [2.05, 4.69) is 20.6 Å². The summed E-state index contributed by atoms with van der Waals surface area (Å²) in [5.41, 5.74) is 0.811. The number of benzene rings is 1. The molecule has 0 aliphatic carbocycles. The SMILES string of the molecule is CCCc1nnc(NC(=O)c2nn(-c3ccccc3)c(C)cc2=O)s1. The van der Waals surface area contributed by atoms with E-state index in [1.165, 1.54) is 17.4 Å². The van der Waals surface area contributed by atoms with Crippen LogP contribution in [0.4, 0.5) is 5.13 Å². The number of hydrogen-bond acceptors (Lipinski definition) is 6. The molecule has 3 aromatic rings. The van der Waals surface area contributed by atoms with Crippen molar-refractivity contribution in [2.75, 3.05) is 5.32 Å². The molecule has 3 rings (SSSR count). The van der Waals surface area contributed by atoms with Crippen molar-refractivity contribution in [2.45, 2.75) is 26.7 Å². The molecule has 128 valence electrons. The first kappa shape index (κ1) is 17.0. The van der Waals surface area contributed by atoms with E-state index in [4.69, 9.17) is 0 Å². The highest BCUT2D eigenvalue weighted by molar-refractivity contribution is 7.15. The third-order valence-corrected chi connectivity index (χ3v) is 4.37. The van der Waals surface area contributed by atoms with Gasteiger partial charge < -0.3 is 0 Å². The van der Waals surface area contributed by atoms with E-state index in [0.717, 1.165) is 23.5 Å². The van der Waals surface area contributed by atoms with Gasteiger partial charge in [0.25, 0.3) is 5.91 Å². The first-order chi connectivity index (χ1) is 12.1. The minimum atomic E-state index is -0.589. The Balaban J connectivity index is 1.90. The number of amides is 1. The summed E-state index contributed by atoms with van der Waals surface area (Å²) in [5, 5.41) is 16.0. The van der Waals surface area contributed by atoms with E-state index in [-0.39, 0.29) is 5.69 Å². The molecule has 0 aliphatic heterocycles. The number of nitrogens with zero attached hydrogens (tertiary/aromatic N) is 4. The molecule has 1 N–H and O–H groups in total.